The predicted molar refractivity (Wildman–Crippen MR) is 65.7 cm³/mol. The second-order valence-electron chi connectivity index (χ2n) is 4.66. The maximum Gasteiger partial charge on any atom is 0.122 e. The standard InChI is InChI=1S/C13H20N2O/c1-15-8-11(12(14)9-15)7-10-5-3-4-6-13(10)16-2/h3-6,11-12H,7-9,14H2,1-2H3. The molecule has 0 bridgehead atoms. The lowest BCUT2D eigenvalue weighted by Crippen LogP contribution is -2.30. The Balaban J connectivity index is 2.09. The number of methoxy groups -OCH3 is 1. The molecule has 3 heteroatoms. The molecular formula is C13H20N2O. The van der Waals surface area contributed by atoms with Crippen molar-refractivity contribution >= 4 is 0 Å². The van der Waals surface area contributed by atoms with Crippen LogP contribution in [0.15, 0.2) is 24.3 Å². The van der Waals surface area contributed by atoms with Crippen LogP contribution in [0, 0.1) is 5.92 Å². The largest absolute Gasteiger partial charge is 0.496 e. The van der Waals surface area contributed by atoms with Crippen molar-refractivity contribution in [1.29, 1.82) is 0 Å². The highest BCUT2D eigenvalue weighted by Crippen LogP contribution is 2.24. The predicted octanol–water partition coefficient (Wildman–Crippen LogP) is 1.13. The van der Waals surface area contributed by atoms with Gasteiger partial charge in [-0.05, 0) is 31.0 Å². The Morgan fingerprint density at radius 3 is 2.75 bits per heavy atom. The maximum absolute atomic E-state index is 6.13. The van der Waals surface area contributed by atoms with E-state index in [1.54, 1.807) is 7.11 Å². The summed E-state index contributed by atoms with van der Waals surface area (Å²) in [7, 11) is 3.85. The first kappa shape index (κ1) is 11.4. The van der Waals surface area contributed by atoms with Crippen molar-refractivity contribution < 1.29 is 4.74 Å². The number of nitrogens with two attached hydrogens (primary N) is 1. The minimum absolute atomic E-state index is 0.287. The van der Waals surface area contributed by atoms with Gasteiger partial charge in [0.2, 0.25) is 0 Å². The first-order chi connectivity index (χ1) is 7.70. The third-order valence-corrected chi connectivity index (χ3v) is 3.35. The molecule has 2 unspecified atom stereocenters. The summed E-state index contributed by atoms with van der Waals surface area (Å²) in [4.78, 5) is 2.30. The number of para-hydroxylation sites is 1. The topological polar surface area (TPSA) is 38.5 Å². The van der Waals surface area contributed by atoms with Gasteiger partial charge >= 0.3 is 0 Å². The lowest BCUT2D eigenvalue weighted by molar-refractivity contribution is 0.386. The molecule has 1 heterocycles. The molecule has 1 saturated heterocycles. The van der Waals surface area contributed by atoms with Crippen LogP contribution in [0.3, 0.4) is 0 Å². The van der Waals surface area contributed by atoms with Crippen molar-refractivity contribution in [3.05, 3.63) is 29.8 Å². The first-order valence-electron chi connectivity index (χ1n) is 5.76. The summed E-state index contributed by atoms with van der Waals surface area (Å²) in [6.07, 6.45) is 1.01. The second kappa shape index (κ2) is 4.85. The monoisotopic (exact) mass is 220 g/mol. The zero-order chi connectivity index (χ0) is 11.5. The fourth-order valence-electron chi connectivity index (χ4n) is 2.49. The number of likely N-dealkylation sites (tertiary alicyclic amines) is 1. The molecule has 0 aromatic heterocycles. The summed E-state index contributed by atoms with van der Waals surface area (Å²) in [6, 6.07) is 8.49. The Hall–Kier alpha value is -1.06. The Bertz CT molecular complexity index is 354. The molecule has 1 aromatic carbocycles. The molecule has 0 amide bonds. The fraction of sp³-hybridized carbons (Fsp3) is 0.538. The van der Waals surface area contributed by atoms with Crippen molar-refractivity contribution in [1.82, 2.24) is 4.90 Å². The summed E-state index contributed by atoms with van der Waals surface area (Å²) in [5.74, 6) is 1.52. The van der Waals surface area contributed by atoms with Crippen molar-refractivity contribution in [2.24, 2.45) is 11.7 Å². The van der Waals surface area contributed by atoms with Crippen molar-refractivity contribution in [2.45, 2.75) is 12.5 Å². The van der Waals surface area contributed by atoms with Crippen LogP contribution >= 0.6 is 0 Å². The normalized spacial score (nSPS) is 25.9. The molecule has 1 aliphatic rings. The Morgan fingerprint density at radius 1 is 1.38 bits per heavy atom. The van der Waals surface area contributed by atoms with Crippen molar-refractivity contribution in [2.75, 3.05) is 27.2 Å². The van der Waals surface area contributed by atoms with Crippen LogP contribution in [-0.4, -0.2) is 38.2 Å². The minimum Gasteiger partial charge on any atom is -0.496 e. The van der Waals surface area contributed by atoms with Crippen LogP contribution in [0.5, 0.6) is 5.75 Å². The number of rotatable bonds is 3. The number of hydrogen-bond acceptors (Lipinski definition) is 3. The summed E-state index contributed by atoms with van der Waals surface area (Å²) < 4.78 is 5.36. The first-order valence-corrected chi connectivity index (χ1v) is 5.76. The van der Waals surface area contributed by atoms with Crippen LogP contribution in [0.25, 0.3) is 0 Å². The molecule has 0 radical (unpaired) electrons. The SMILES string of the molecule is COc1ccccc1CC1CN(C)CC1N. The van der Waals surface area contributed by atoms with E-state index in [1.165, 1.54) is 5.56 Å². The summed E-state index contributed by atoms with van der Waals surface area (Å²) in [5.41, 5.74) is 7.39. The molecule has 16 heavy (non-hydrogen) atoms. The van der Waals surface area contributed by atoms with Gasteiger partial charge in [-0.2, -0.15) is 0 Å². The van der Waals surface area contributed by atoms with E-state index in [0.29, 0.717) is 5.92 Å². The molecule has 2 N–H and O–H groups in total. The fourth-order valence-corrected chi connectivity index (χ4v) is 2.49. The van der Waals surface area contributed by atoms with Crippen LogP contribution in [-0.2, 0) is 6.42 Å². The number of ether oxygens (including phenoxy) is 1. The lowest BCUT2D eigenvalue weighted by Gasteiger charge is -2.16. The lowest BCUT2D eigenvalue weighted by atomic mass is 9.95. The third-order valence-electron chi connectivity index (χ3n) is 3.35. The van der Waals surface area contributed by atoms with E-state index in [9.17, 15) is 0 Å². The Kier molecular flexibility index (Phi) is 3.46. The molecule has 0 aliphatic carbocycles. The number of hydrogen-bond donors (Lipinski definition) is 1. The van der Waals surface area contributed by atoms with Gasteiger partial charge in [-0.1, -0.05) is 18.2 Å². The van der Waals surface area contributed by atoms with E-state index in [2.05, 4.69) is 24.1 Å². The zero-order valence-corrected chi connectivity index (χ0v) is 10.0. The average Bonchev–Trinajstić information content (AvgIpc) is 2.58. The molecule has 2 atom stereocenters. The molecular weight excluding hydrogens is 200 g/mol. The van der Waals surface area contributed by atoms with E-state index in [-0.39, 0.29) is 6.04 Å². The summed E-state index contributed by atoms with van der Waals surface area (Å²) in [6.45, 7) is 2.08. The van der Waals surface area contributed by atoms with Gasteiger partial charge in [-0.3, -0.25) is 0 Å². The number of benzene rings is 1. The van der Waals surface area contributed by atoms with Crippen molar-refractivity contribution in [3.63, 3.8) is 0 Å². The summed E-state index contributed by atoms with van der Waals surface area (Å²) in [5, 5.41) is 0. The molecule has 0 spiro atoms. The minimum atomic E-state index is 0.287. The zero-order valence-electron chi connectivity index (χ0n) is 10.0. The van der Waals surface area contributed by atoms with Crippen LogP contribution in [0.4, 0.5) is 0 Å². The number of likely N-dealkylation sites (N-methyl/N-ethyl adjacent to an activating group) is 1. The molecule has 1 aliphatic heterocycles. The van der Waals surface area contributed by atoms with Crippen molar-refractivity contribution in [3.8, 4) is 5.75 Å². The van der Waals surface area contributed by atoms with E-state index < -0.39 is 0 Å². The van der Waals surface area contributed by atoms with Crippen LogP contribution in [0.1, 0.15) is 5.56 Å². The second-order valence-corrected chi connectivity index (χ2v) is 4.66. The average molecular weight is 220 g/mol. The van der Waals surface area contributed by atoms with E-state index in [1.807, 2.05) is 12.1 Å². The van der Waals surface area contributed by atoms with Gasteiger partial charge in [-0.15, -0.1) is 0 Å². The quantitative estimate of drug-likeness (QED) is 0.830. The van der Waals surface area contributed by atoms with E-state index >= 15 is 0 Å². The van der Waals surface area contributed by atoms with E-state index in [0.717, 1.165) is 25.3 Å². The Morgan fingerprint density at radius 2 is 2.12 bits per heavy atom. The molecule has 0 saturated carbocycles. The molecule has 1 aromatic rings. The molecule has 2 rings (SSSR count). The van der Waals surface area contributed by atoms with Crippen LogP contribution in [0.2, 0.25) is 0 Å². The van der Waals surface area contributed by atoms with Gasteiger partial charge in [0.15, 0.2) is 0 Å². The third kappa shape index (κ3) is 2.36. The highest BCUT2D eigenvalue weighted by Gasteiger charge is 2.28. The summed E-state index contributed by atoms with van der Waals surface area (Å²) >= 11 is 0. The molecule has 88 valence electrons. The van der Waals surface area contributed by atoms with E-state index in [4.69, 9.17) is 10.5 Å². The van der Waals surface area contributed by atoms with Gasteiger partial charge in [0.1, 0.15) is 5.75 Å². The smallest absolute Gasteiger partial charge is 0.122 e. The van der Waals surface area contributed by atoms with Gasteiger partial charge < -0.3 is 15.4 Å². The van der Waals surface area contributed by atoms with Gasteiger partial charge in [-0.25, -0.2) is 0 Å². The van der Waals surface area contributed by atoms with Gasteiger partial charge in [0.05, 0.1) is 7.11 Å². The number of nitrogens with zero attached hydrogens (tertiary/aromatic N) is 1. The highest BCUT2D eigenvalue weighted by molar-refractivity contribution is 5.33. The van der Waals surface area contributed by atoms with Gasteiger partial charge in [0.25, 0.3) is 0 Å². The van der Waals surface area contributed by atoms with Gasteiger partial charge in [0, 0.05) is 19.1 Å². The maximum atomic E-state index is 6.13. The Labute approximate surface area is 97.2 Å². The van der Waals surface area contributed by atoms with Crippen LogP contribution < -0.4 is 10.5 Å². The molecule has 1 fully saturated rings. The highest BCUT2D eigenvalue weighted by atomic mass is 16.5. The molecule has 3 nitrogen and oxygen atoms in total.